The van der Waals surface area contributed by atoms with E-state index in [1.807, 2.05) is 0 Å². The Balaban J connectivity index is 2.08. The highest BCUT2D eigenvalue weighted by Crippen LogP contribution is 2.17. The van der Waals surface area contributed by atoms with E-state index in [2.05, 4.69) is 6.92 Å². The number of piperidine rings is 1. The van der Waals surface area contributed by atoms with Gasteiger partial charge in [0.15, 0.2) is 0 Å². The van der Waals surface area contributed by atoms with Gasteiger partial charge in [-0.25, -0.2) is 4.39 Å². The first kappa shape index (κ1) is 12.0. The second-order valence-corrected chi connectivity index (χ2v) is 4.69. The lowest BCUT2D eigenvalue weighted by atomic mass is 9.94. The number of carbonyl (C=O) groups excluding carboxylic acids is 1. The summed E-state index contributed by atoms with van der Waals surface area (Å²) in [5.74, 6) is -0.0486. The normalized spacial score (nSPS) is 24.8. The van der Waals surface area contributed by atoms with Crippen molar-refractivity contribution in [3.05, 3.63) is 35.6 Å². The Morgan fingerprint density at radius 2 is 2.06 bits per heavy atom. The van der Waals surface area contributed by atoms with Gasteiger partial charge in [-0.05, 0) is 36.6 Å². The van der Waals surface area contributed by atoms with Crippen molar-refractivity contribution in [3.63, 3.8) is 0 Å². The summed E-state index contributed by atoms with van der Waals surface area (Å²) in [6.45, 7) is 3.41. The number of rotatable bonds is 1. The van der Waals surface area contributed by atoms with E-state index in [-0.39, 0.29) is 17.8 Å². The lowest BCUT2D eigenvalue weighted by Crippen LogP contribution is -2.48. The third kappa shape index (κ3) is 2.64. The van der Waals surface area contributed by atoms with Gasteiger partial charge < -0.3 is 10.6 Å². The van der Waals surface area contributed by atoms with Crippen LogP contribution in [-0.2, 0) is 0 Å². The second kappa shape index (κ2) is 4.84. The van der Waals surface area contributed by atoms with E-state index < -0.39 is 0 Å². The van der Waals surface area contributed by atoms with Crippen LogP contribution in [0.2, 0.25) is 0 Å². The lowest BCUT2D eigenvalue weighted by Gasteiger charge is -2.35. The summed E-state index contributed by atoms with van der Waals surface area (Å²) in [6.07, 6.45) is 0.827. The molecule has 4 heteroatoms. The standard InChI is InChI=1S/C13H17FN2O/c1-9-8-16(7-6-12(9)15)13(17)10-2-4-11(14)5-3-10/h2-5,9,12H,6-8,15H2,1H3. The van der Waals surface area contributed by atoms with Gasteiger partial charge in [-0.2, -0.15) is 0 Å². The maximum atomic E-state index is 12.8. The number of nitrogens with zero attached hydrogens (tertiary/aromatic N) is 1. The minimum atomic E-state index is -0.324. The van der Waals surface area contributed by atoms with Gasteiger partial charge in [0, 0.05) is 24.7 Å². The first-order valence-corrected chi connectivity index (χ1v) is 5.88. The number of likely N-dealkylation sites (tertiary alicyclic amines) is 1. The summed E-state index contributed by atoms with van der Waals surface area (Å²) in [4.78, 5) is 13.9. The molecule has 1 aromatic rings. The summed E-state index contributed by atoms with van der Waals surface area (Å²) in [7, 11) is 0. The van der Waals surface area contributed by atoms with E-state index in [1.54, 1.807) is 4.90 Å². The quantitative estimate of drug-likeness (QED) is 0.805. The van der Waals surface area contributed by atoms with Crippen LogP contribution in [-0.4, -0.2) is 29.9 Å². The minimum Gasteiger partial charge on any atom is -0.338 e. The first-order valence-electron chi connectivity index (χ1n) is 5.88. The Hall–Kier alpha value is -1.42. The highest BCUT2D eigenvalue weighted by atomic mass is 19.1. The second-order valence-electron chi connectivity index (χ2n) is 4.69. The maximum Gasteiger partial charge on any atom is 0.253 e. The molecule has 1 amide bonds. The van der Waals surface area contributed by atoms with Crippen molar-refractivity contribution in [1.29, 1.82) is 0 Å². The molecule has 0 saturated carbocycles. The Labute approximate surface area is 100 Å². The summed E-state index contributed by atoms with van der Waals surface area (Å²) in [5.41, 5.74) is 6.45. The van der Waals surface area contributed by atoms with Gasteiger partial charge in [-0.1, -0.05) is 6.92 Å². The summed E-state index contributed by atoms with van der Waals surface area (Å²) >= 11 is 0. The van der Waals surface area contributed by atoms with Crippen molar-refractivity contribution in [1.82, 2.24) is 4.90 Å². The highest BCUT2D eigenvalue weighted by Gasteiger charge is 2.26. The molecule has 2 atom stereocenters. The lowest BCUT2D eigenvalue weighted by molar-refractivity contribution is 0.0664. The highest BCUT2D eigenvalue weighted by molar-refractivity contribution is 5.94. The molecule has 2 unspecified atom stereocenters. The molecule has 1 aliphatic heterocycles. The predicted molar refractivity (Wildman–Crippen MR) is 64.1 cm³/mol. The predicted octanol–water partition coefficient (Wildman–Crippen LogP) is 1.64. The van der Waals surface area contributed by atoms with E-state index in [0.717, 1.165) is 6.42 Å². The third-order valence-electron chi connectivity index (χ3n) is 3.35. The molecule has 0 radical (unpaired) electrons. The summed E-state index contributed by atoms with van der Waals surface area (Å²) in [6, 6.07) is 5.85. The molecule has 1 heterocycles. The molecule has 2 rings (SSSR count). The number of hydrogen-bond acceptors (Lipinski definition) is 2. The van der Waals surface area contributed by atoms with Gasteiger partial charge in [0.05, 0.1) is 0 Å². The van der Waals surface area contributed by atoms with Gasteiger partial charge in [0.2, 0.25) is 0 Å². The van der Waals surface area contributed by atoms with Crippen molar-refractivity contribution >= 4 is 5.91 Å². The van der Waals surface area contributed by atoms with Crippen molar-refractivity contribution in [3.8, 4) is 0 Å². The van der Waals surface area contributed by atoms with Gasteiger partial charge in [-0.15, -0.1) is 0 Å². The van der Waals surface area contributed by atoms with E-state index >= 15 is 0 Å². The van der Waals surface area contributed by atoms with Crippen LogP contribution in [0.25, 0.3) is 0 Å². The fourth-order valence-electron chi connectivity index (χ4n) is 2.12. The molecule has 1 aliphatic rings. The number of nitrogens with two attached hydrogens (primary N) is 1. The van der Waals surface area contributed by atoms with Gasteiger partial charge >= 0.3 is 0 Å². The van der Waals surface area contributed by atoms with Crippen molar-refractivity contribution < 1.29 is 9.18 Å². The van der Waals surface area contributed by atoms with Gasteiger partial charge in [-0.3, -0.25) is 4.79 Å². The molecule has 1 fully saturated rings. The number of amides is 1. The average Bonchev–Trinajstić information content (AvgIpc) is 2.33. The van der Waals surface area contributed by atoms with E-state index in [9.17, 15) is 9.18 Å². The third-order valence-corrected chi connectivity index (χ3v) is 3.35. The molecule has 0 aliphatic carbocycles. The number of benzene rings is 1. The molecule has 0 bridgehead atoms. The number of carbonyl (C=O) groups is 1. The number of hydrogen-bond donors (Lipinski definition) is 1. The Morgan fingerprint density at radius 3 is 2.65 bits per heavy atom. The van der Waals surface area contributed by atoms with Gasteiger partial charge in [0.1, 0.15) is 5.82 Å². The minimum absolute atomic E-state index is 0.0382. The van der Waals surface area contributed by atoms with Gasteiger partial charge in [0.25, 0.3) is 5.91 Å². The van der Waals surface area contributed by atoms with Crippen LogP contribution in [0.15, 0.2) is 24.3 Å². The van der Waals surface area contributed by atoms with Crippen LogP contribution >= 0.6 is 0 Å². The van der Waals surface area contributed by atoms with Crippen LogP contribution in [0, 0.1) is 11.7 Å². The molecule has 1 saturated heterocycles. The molecule has 92 valence electrons. The number of halogens is 1. The molecular formula is C13H17FN2O. The van der Waals surface area contributed by atoms with Crippen LogP contribution < -0.4 is 5.73 Å². The zero-order valence-electron chi connectivity index (χ0n) is 9.90. The van der Waals surface area contributed by atoms with E-state index in [0.29, 0.717) is 24.6 Å². The topological polar surface area (TPSA) is 46.3 Å². The Morgan fingerprint density at radius 1 is 1.41 bits per heavy atom. The molecule has 0 aromatic heterocycles. The van der Waals surface area contributed by atoms with Crippen LogP contribution in [0.5, 0.6) is 0 Å². The molecular weight excluding hydrogens is 219 g/mol. The SMILES string of the molecule is CC1CN(C(=O)c2ccc(F)cc2)CCC1N. The zero-order chi connectivity index (χ0) is 12.4. The smallest absolute Gasteiger partial charge is 0.253 e. The van der Waals surface area contributed by atoms with Crippen LogP contribution in [0.4, 0.5) is 4.39 Å². The van der Waals surface area contributed by atoms with Crippen molar-refractivity contribution in [2.24, 2.45) is 11.7 Å². The van der Waals surface area contributed by atoms with E-state index in [4.69, 9.17) is 5.73 Å². The average molecular weight is 236 g/mol. The molecule has 3 nitrogen and oxygen atoms in total. The Kier molecular flexibility index (Phi) is 3.43. The fraction of sp³-hybridized carbons (Fsp3) is 0.462. The summed E-state index contributed by atoms with van der Waals surface area (Å²) in [5, 5.41) is 0. The molecule has 17 heavy (non-hydrogen) atoms. The first-order chi connectivity index (χ1) is 8.08. The molecule has 0 spiro atoms. The van der Waals surface area contributed by atoms with Crippen molar-refractivity contribution in [2.45, 2.75) is 19.4 Å². The van der Waals surface area contributed by atoms with Crippen LogP contribution in [0.3, 0.4) is 0 Å². The monoisotopic (exact) mass is 236 g/mol. The van der Waals surface area contributed by atoms with E-state index in [1.165, 1.54) is 24.3 Å². The summed E-state index contributed by atoms with van der Waals surface area (Å²) < 4.78 is 12.8. The van der Waals surface area contributed by atoms with Crippen molar-refractivity contribution in [2.75, 3.05) is 13.1 Å². The fourth-order valence-corrected chi connectivity index (χ4v) is 2.12. The zero-order valence-corrected chi connectivity index (χ0v) is 9.90. The maximum absolute atomic E-state index is 12.8. The molecule has 1 aromatic carbocycles. The molecule has 2 N–H and O–H groups in total. The Bertz CT molecular complexity index is 404. The van der Waals surface area contributed by atoms with Crippen LogP contribution in [0.1, 0.15) is 23.7 Å². The largest absolute Gasteiger partial charge is 0.338 e.